The van der Waals surface area contributed by atoms with Crippen LogP contribution in [0.1, 0.15) is 24.1 Å². The molecule has 4 heteroatoms. The van der Waals surface area contributed by atoms with Crippen molar-refractivity contribution in [2.45, 2.75) is 19.4 Å². The average Bonchev–Trinajstić information content (AvgIpc) is 2.26. The van der Waals surface area contributed by atoms with E-state index in [2.05, 4.69) is 0 Å². The zero-order valence-electron chi connectivity index (χ0n) is 8.96. The molecule has 1 atom stereocenters. The minimum absolute atomic E-state index is 0.214. The fourth-order valence-corrected chi connectivity index (χ4v) is 1.48. The third kappa shape index (κ3) is 2.46. The van der Waals surface area contributed by atoms with Crippen LogP contribution in [0.15, 0.2) is 12.1 Å². The molecule has 1 aromatic carbocycles. The SMILES string of the molecule is CCc1c(F)cc(C(N)CO)cc1OC. The summed E-state index contributed by atoms with van der Waals surface area (Å²) in [5.74, 6) is 0.146. The summed E-state index contributed by atoms with van der Waals surface area (Å²) in [5, 5.41) is 8.88. The first-order valence-corrected chi connectivity index (χ1v) is 4.86. The van der Waals surface area contributed by atoms with Gasteiger partial charge in [0.25, 0.3) is 0 Å². The van der Waals surface area contributed by atoms with Crippen LogP contribution >= 0.6 is 0 Å². The van der Waals surface area contributed by atoms with Crippen LogP contribution < -0.4 is 10.5 Å². The van der Waals surface area contributed by atoms with Crippen LogP contribution in [0.5, 0.6) is 5.75 Å². The van der Waals surface area contributed by atoms with E-state index in [1.807, 2.05) is 6.92 Å². The summed E-state index contributed by atoms with van der Waals surface area (Å²) in [6, 6.07) is 2.45. The summed E-state index contributed by atoms with van der Waals surface area (Å²) < 4.78 is 18.7. The highest BCUT2D eigenvalue weighted by Gasteiger charge is 2.13. The van der Waals surface area contributed by atoms with Gasteiger partial charge in [0, 0.05) is 5.56 Å². The summed E-state index contributed by atoms with van der Waals surface area (Å²) in [5.41, 5.74) is 6.69. The second-order valence-electron chi connectivity index (χ2n) is 3.33. The van der Waals surface area contributed by atoms with E-state index in [0.717, 1.165) is 0 Å². The second kappa shape index (κ2) is 5.09. The zero-order chi connectivity index (χ0) is 11.4. The molecule has 15 heavy (non-hydrogen) atoms. The summed E-state index contributed by atoms with van der Waals surface area (Å²) in [4.78, 5) is 0. The van der Waals surface area contributed by atoms with Crippen molar-refractivity contribution in [2.24, 2.45) is 5.73 Å². The predicted octanol–water partition coefficient (Wildman–Crippen LogP) is 1.39. The van der Waals surface area contributed by atoms with Crippen LogP contribution in [0.2, 0.25) is 0 Å². The number of halogens is 1. The molecule has 3 N–H and O–H groups in total. The van der Waals surface area contributed by atoms with Gasteiger partial charge in [-0.05, 0) is 24.1 Å². The van der Waals surface area contributed by atoms with Gasteiger partial charge in [-0.1, -0.05) is 6.92 Å². The highest BCUT2D eigenvalue weighted by Crippen LogP contribution is 2.26. The highest BCUT2D eigenvalue weighted by molar-refractivity contribution is 5.40. The Labute approximate surface area is 88.7 Å². The topological polar surface area (TPSA) is 55.5 Å². The molecule has 0 saturated carbocycles. The fraction of sp³-hybridized carbons (Fsp3) is 0.455. The Morgan fingerprint density at radius 2 is 2.20 bits per heavy atom. The van der Waals surface area contributed by atoms with Gasteiger partial charge in [0.05, 0.1) is 19.8 Å². The van der Waals surface area contributed by atoms with Crippen molar-refractivity contribution in [3.05, 3.63) is 29.1 Å². The Kier molecular flexibility index (Phi) is 4.05. The van der Waals surface area contributed by atoms with E-state index in [0.29, 0.717) is 23.3 Å². The van der Waals surface area contributed by atoms with E-state index in [4.69, 9.17) is 15.6 Å². The number of benzene rings is 1. The van der Waals surface area contributed by atoms with E-state index >= 15 is 0 Å². The lowest BCUT2D eigenvalue weighted by atomic mass is 10.0. The van der Waals surface area contributed by atoms with E-state index in [1.54, 1.807) is 6.07 Å². The number of hydrogen-bond acceptors (Lipinski definition) is 3. The Morgan fingerprint density at radius 3 is 2.67 bits per heavy atom. The highest BCUT2D eigenvalue weighted by atomic mass is 19.1. The summed E-state index contributed by atoms with van der Waals surface area (Å²) >= 11 is 0. The van der Waals surface area contributed by atoms with Gasteiger partial charge in [0.2, 0.25) is 0 Å². The minimum atomic E-state index is -0.570. The quantitative estimate of drug-likeness (QED) is 0.794. The summed E-state index contributed by atoms with van der Waals surface area (Å²) in [6.45, 7) is 1.64. The molecule has 84 valence electrons. The van der Waals surface area contributed by atoms with Crippen LogP contribution in [0.4, 0.5) is 4.39 Å². The van der Waals surface area contributed by atoms with Gasteiger partial charge in [-0.15, -0.1) is 0 Å². The van der Waals surface area contributed by atoms with Gasteiger partial charge in [-0.2, -0.15) is 0 Å². The molecular weight excluding hydrogens is 197 g/mol. The Morgan fingerprint density at radius 1 is 1.53 bits per heavy atom. The molecular formula is C11H16FNO2. The molecule has 0 radical (unpaired) electrons. The van der Waals surface area contributed by atoms with Crippen LogP contribution in [0.3, 0.4) is 0 Å². The molecule has 0 heterocycles. The lowest BCUT2D eigenvalue weighted by Crippen LogP contribution is -2.15. The number of aliphatic hydroxyl groups is 1. The van der Waals surface area contributed by atoms with Gasteiger partial charge in [0.15, 0.2) is 0 Å². The summed E-state index contributed by atoms with van der Waals surface area (Å²) in [7, 11) is 1.49. The molecule has 1 aromatic rings. The van der Waals surface area contributed by atoms with E-state index in [-0.39, 0.29) is 12.4 Å². The van der Waals surface area contributed by atoms with Gasteiger partial charge in [0.1, 0.15) is 11.6 Å². The van der Waals surface area contributed by atoms with Crippen molar-refractivity contribution in [1.29, 1.82) is 0 Å². The fourth-order valence-electron chi connectivity index (χ4n) is 1.48. The molecule has 0 bridgehead atoms. The smallest absolute Gasteiger partial charge is 0.130 e. The van der Waals surface area contributed by atoms with Crippen molar-refractivity contribution < 1.29 is 14.2 Å². The van der Waals surface area contributed by atoms with Crippen LogP contribution in [-0.4, -0.2) is 18.8 Å². The molecule has 0 saturated heterocycles. The normalized spacial score (nSPS) is 12.6. The minimum Gasteiger partial charge on any atom is -0.496 e. The molecule has 0 aliphatic carbocycles. The maximum absolute atomic E-state index is 13.6. The molecule has 3 nitrogen and oxygen atoms in total. The second-order valence-corrected chi connectivity index (χ2v) is 3.33. The molecule has 0 aliphatic heterocycles. The lowest BCUT2D eigenvalue weighted by molar-refractivity contribution is 0.267. The first kappa shape index (κ1) is 11.9. The molecule has 1 unspecified atom stereocenters. The number of aliphatic hydroxyl groups excluding tert-OH is 1. The zero-order valence-corrected chi connectivity index (χ0v) is 8.96. The van der Waals surface area contributed by atoms with Gasteiger partial charge in [-0.3, -0.25) is 0 Å². The maximum atomic E-state index is 13.6. The van der Waals surface area contributed by atoms with Crippen LogP contribution in [0, 0.1) is 5.82 Å². The molecule has 0 amide bonds. The monoisotopic (exact) mass is 213 g/mol. The van der Waals surface area contributed by atoms with Crippen molar-refractivity contribution >= 4 is 0 Å². The Balaban J connectivity index is 3.19. The lowest BCUT2D eigenvalue weighted by Gasteiger charge is -2.14. The average molecular weight is 213 g/mol. The first-order valence-electron chi connectivity index (χ1n) is 4.86. The van der Waals surface area contributed by atoms with Crippen molar-refractivity contribution in [3.63, 3.8) is 0 Å². The van der Waals surface area contributed by atoms with E-state index in [1.165, 1.54) is 13.2 Å². The standard InChI is InChI=1S/C11H16FNO2/c1-3-8-9(12)4-7(10(13)6-14)5-11(8)15-2/h4-5,10,14H,3,6,13H2,1-2H3. The molecule has 0 aliphatic rings. The number of methoxy groups -OCH3 is 1. The van der Waals surface area contributed by atoms with Crippen LogP contribution in [0.25, 0.3) is 0 Å². The molecule has 1 rings (SSSR count). The van der Waals surface area contributed by atoms with Crippen molar-refractivity contribution in [1.82, 2.24) is 0 Å². The van der Waals surface area contributed by atoms with E-state index < -0.39 is 6.04 Å². The number of nitrogens with two attached hydrogens (primary N) is 1. The number of hydrogen-bond donors (Lipinski definition) is 2. The largest absolute Gasteiger partial charge is 0.496 e. The van der Waals surface area contributed by atoms with Crippen LogP contribution in [-0.2, 0) is 6.42 Å². The molecule has 0 spiro atoms. The molecule has 0 fully saturated rings. The Bertz CT molecular complexity index is 342. The van der Waals surface area contributed by atoms with Crippen molar-refractivity contribution in [3.8, 4) is 5.75 Å². The van der Waals surface area contributed by atoms with Crippen molar-refractivity contribution in [2.75, 3.05) is 13.7 Å². The van der Waals surface area contributed by atoms with E-state index in [9.17, 15) is 4.39 Å². The van der Waals surface area contributed by atoms with Gasteiger partial charge < -0.3 is 15.6 Å². The Hall–Kier alpha value is -1.13. The predicted molar refractivity (Wildman–Crippen MR) is 56.3 cm³/mol. The number of rotatable bonds is 4. The summed E-state index contributed by atoms with van der Waals surface area (Å²) in [6.07, 6.45) is 0.559. The third-order valence-corrected chi connectivity index (χ3v) is 2.38. The third-order valence-electron chi connectivity index (χ3n) is 2.38. The molecule has 0 aromatic heterocycles. The number of ether oxygens (including phenoxy) is 1. The first-order chi connectivity index (χ1) is 7.13. The van der Waals surface area contributed by atoms with Gasteiger partial charge >= 0.3 is 0 Å². The van der Waals surface area contributed by atoms with Gasteiger partial charge in [-0.25, -0.2) is 4.39 Å². The maximum Gasteiger partial charge on any atom is 0.130 e.